The first-order chi connectivity index (χ1) is 19.0. The zero-order valence-electron chi connectivity index (χ0n) is 22.8. The van der Waals surface area contributed by atoms with Gasteiger partial charge in [-0.25, -0.2) is 22.9 Å². The van der Waals surface area contributed by atoms with Gasteiger partial charge in [-0.15, -0.1) is 0 Å². The van der Waals surface area contributed by atoms with Crippen LogP contribution in [-0.2, 0) is 6.54 Å². The number of halogens is 3. The highest BCUT2D eigenvalue weighted by atomic mass is 19.1. The zero-order chi connectivity index (χ0) is 29.0. The average Bonchev–Trinajstić information content (AvgIpc) is 3.50. The van der Waals surface area contributed by atoms with Gasteiger partial charge in [-0.2, -0.15) is 0 Å². The van der Waals surface area contributed by atoms with Gasteiger partial charge in [0.1, 0.15) is 29.7 Å². The number of aliphatic hydroxyl groups excluding tert-OH is 1. The monoisotopic (exact) mass is 559 g/mol. The third-order valence-electron chi connectivity index (χ3n) is 7.03. The lowest BCUT2D eigenvalue weighted by Gasteiger charge is -2.40. The van der Waals surface area contributed by atoms with Gasteiger partial charge in [-0.3, -0.25) is 0 Å². The molecule has 1 saturated heterocycles. The number of aliphatic hydroxyl groups is 2. The molecular formula is C29H36F3N5O3. The summed E-state index contributed by atoms with van der Waals surface area (Å²) < 4.78 is 45.4. The number of carbonyl (C=O) groups is 1. The van der Waals surface area contributed by atoms with Crippen LogP contribution < -0.4 is 10.6 Å². The Labute approximate surface area is 231 Å². The number of carbonyl (C=O) groups excluding carboxylic acids is 1. The molecule has 1 aliphatic rings. The summed E-state index contributed by atoms with van der Waals surface area (Å²) in [5, 5.41) is 26.7. The summed E-state index contributed by atoms with van der Waals surface area (Å²) in [6.07, 6.45) is 0.342. The Morgan fingerprint density at radius 3 is 2.58 bits per heavy atom. The van der Waals surface area contributed by atoms with Crippen LogP contribution in [0.5, 0.6) is 0 Å². The van der Waals surface area contributed by atoms with E-state index in [1.54, 1.807) is 17.7 Å². The van der Waals surface area contributed by atoms with Crippen LogP contribution in [-0.4, -0.2) is 74.8 Å². The molecule has 0 radical (unpaired) electrons. The van der Waals surface area contributed by atoms with Crippen molar-refractivity contribution in [2.45, 2.75) is 51.2 Å². The molecule has 40 heavy (non-hydrogen) atoms. The van der Waals surface area contributed by atoms with Crippen LogP contribution in [0, 0.1) is 17.6 Å². The molecule has 1 fully saturated rings. The van der Waals surface area contributed by atoms with Crippen molar-refractivity contribution in [3.05, 3.63) is 77.8 Å². The summed E-state index contributed by atoms with van der Waals surface area (Å²) in [7, 11) is 0. The molecule has 4 N–H and O–H groups in total. The van der Waals surface area contributed by atoms with Crippen molar-refractivity contribution < 1.29 is 28.2 Å². The van der Waals surface area contributed by atoms with Crippen LogP contribution in [0.3, 0.4) is 0 Å². The summed E-state index contributed by atoms with van der Waals surface area (Å²) in [4.78, 5) is 19.6. The van der Waals surface area contributed by atoms with E-state index in [4.69, 9.17) is 0 Å². The summed E-state index contributed by atoms with van der Waals surface area (Å²) in [6, 6.07) is 10.1. The summed E-state index contributed by atoms with van der Waals surface area (Å²) in [5.74, 6) is -1.67. The number of hydrogen-bond acceptors (Lipinski definition) is 5. The van der Waals surface area contributed by atoms with Gasteiger partial charge in [0, 0.05) is 43.9 Å². The Bertz CT molecular complexity index is 1300. The molecule has 1 aliphatic heterocycles. The fourth-order valence-electron chi connectivity index (χ4n) is 4.99. The van der Waals surface area contributed by atoms with E-state index in [2.05, 4.69) is 15.6 Å². The molecule has 216 valence electrons. The maximum absolute atomic E-state index is 14.8. The Morgan fingerprint density at radius 1 is 1.23 bits per heavy atom. The van der Waals surface area contributed by atoms with Gasteiger partial charge >= 0.3 is 6.03 Å². The maximum atomic E-state index is 14.8. The highest BCUT2D eigenvalue weighted by Crippen LogP contribution is 2.36. The second kappa shape index (κ2) is 12.4. The van der Waals surface area contributed by atoms with Crippen LogP contribution in [0.15, 0.2) is 54.7 Å². The van der Waals surface area contributed by atoms with Gasteiger partial charge in [-0.05, 0) is 44.5 Å². The van der Waals surface area contributed by atoms with Gasteiger partial charge in [0.15, 0.2) is 0 Å². The number of aromatic nitrogens is 2. The molecule has 0 spiro atoms. The maximum Gasteiger partial charge on any atom is 0.318 e. The van der Waals surface area contributed by atoms with Crippen molar-refractivity contribution in [1.29, 1.82) is 0 Å². The zero-order valence-corrected chi connectivity index (χ0v) is 22.8. The third-order valence-corrected chi connectivity index (χ3v) is 7.03. The smallest absolute Gasteiger partial charge is 0.318 e. The van der Waals surface area contributed by atoms with Gasteiger partial charge in [0.25, 0.3) is 0 Å². The first-order valence-electron chi connectivity index (χ1n) is 13.3. The van der Waals surface area contributed by atoms with E-state index in [-0.39, 0.29) is 43.3 Å². The van der Waals surface area contributed by atoms with E-state index in [0.29, 0.717) is 6.54 Å². The molecule has 2 heterocycles. The highest BCUT2D eigenvalue weighted by Gasteiger charge is 2.43. The number of imidazole rings is 1. The lowest BCUT2D eigenvalue weighted by atomic mass is 9.94. The van der Waals surface area contributed by atoms with Crippen molar-refractivity contribution in [2.24, 2.45) is 5.92 Å². The van der Waals surface area contributed by atoms with E-state index in [0.717, 1.165) is 23.8 Å². The van der Waals surface area contributed by atoms with Gasteiger partial charge in [-0.1, -0.05) is 30.3 Å². The minimum atomic E-state index is -1.60. The van der Waals surface area contributed by atoms with E-state index in [9.17, 15) is 28.2 Å². The number of hydrogen-bond donors (Lipinski definition) is 4. The molecule has 2 aromatic carbocycles. The predicted molar refractivity (Wildman–Crippen MR) is 145 cm³/mol. The standard InChI is InChI=1S/C29H36F3N5O3/c1-18(17-38)34-28(39)37(15-20-12-33-13-24(20)32)26(29(2,3)40)27-35-25(22-11-21(30)9-10-23(22)31)16-36(27)14-19-7-5-4-6-8-19/h4-11,16,18,20,24,26,33,38,40H,12-15,17H2,1-3H3,(H,34,39). The van der Waals surface area contributed by atoms with Crippen molar-refractivity contribution >= 4 is 6.03 Å². The van der Waals surface area contributed by atoms with Crippen LogP contribution in [0.25, 0.3) is 11.3 Å². The number of nitrogens with zero attached hydrogens (tertiary/aromatic N) is 3. The third kappa shape index (κ3) is 6.83. The van der Waals surface area contributed by atoms with E-state index in [1.807, 2.05) is 30.3 Å². The van der Waals surface area contributed by atoms with Crippen LogP contribution >= 0.6 is 0 Å². The largest absolute Gasteiger partial charge is 0.394 e. The SMILES string of the molecule is CC(CO)NC(=O)N(CC1CNCC1F)C(c1nc(-c2cc(F)ccc2F)cn1Cc1ccccc1)C(C)(C)O. The van der Waals surface area contributed by atoms with Gasteiger partial charge in [0.2, 0.25) is 0 Å². The molecule has 11 heteroatoms. The molecule has 0 bridgehead atoms. The molecule has 3 aromatic rings. The van der Waals surface area contributed by atoms with Crippen LogP contribution in [0.2, 0.25) is 0 Å². The first-order valence-corrected chi connectivity index (χ1v) is 13.3. The van der Waals surface area contributed by atoms with Crippen molar-refractivity contribution in [1.82, 2.24) is 25.1 Å². The van der Waals surface area contributed by atoms with E-state index in [1.165, 1.54) is 18.7 Å². The Morgan fingerprint density at radius 2 is 1.95 bits per heavy atom. The quantitative estimate of drug-likeness (QED) is 0.304. The Balaban J connectivity index is 1.87. The number of alkyl halides is 1. The Kier molecular flexibility index (Phi) is 9.17. The molecule has 2 amide bonds. The Hall–Kier alpha value is -3.41. The normalized spacial score (nSPS) is 18.9. The second-order valence-corrected chi connectivity index (χ2v) is 10.9. The van der Waals surface area contributed by atoms with E-state index < -0.39 is 47.4 Å². The number of urea groups is 1. The topological polar surface area (TPSA) is 103 Å². The summed E-state index contributed by atoms with van der Waals surface area (Å²) in [5.41, 5.74) is -0.686. The van der Waals surface area contributed by atoms with Crippen molar-refractivity contribution in [3.63, 3.8) is 0 Å². The van der Waals surface area contributed by atoms with E-state index >= 15 is 0 Å². The van der Waals surface area contributed by atoms with Gasteiger partial charge < -0.3 is 30.3 Å². The molecule has 1 aromatic heterocycles. The van der Waals surface area contributed by atoms with Crippen LogP contribution in [0.4, 0.5) is 18.0 Å². The molecular weight excluding hydrogens is 523 g/mol. The van der Waals surface area contributed by atoms with Gasteiger partial charge in [0.05, 0.1) is 23.9 Å². The lowest BCUT2D eigenvalue weighted by Crippen LogP contribution is -2.54. The molecule has 4 rings (SSSR count). The predicted octanol–water partition coefficient (Wildman–Crippen LogP) is 3.64. The summed E-state index contributed by atoms with van der Waals surface area (Å²) >= 11 is 0. The minimum Gasteiger partial charge on any atom is -0.394 e. The molecule has 4 unspecified atom stereocenters. The van der Waals surface area contributed by atoms with Crippen LogP contribution in [0.1, 0.15) is 38.2 Å². The van der Waals surface area contributed by atoms with Crippen molar-refractivity contribution in [2.75, 3.05) is 26.2 Å². The number of nitrogens with one attached hydrogen (secondary N) is 2. The number of benzene rings is 2. The molecule has 0 aliphatic carbocycles. The fourth-order valence-corrected chi connectivity index (χ4v) is 4.99. The first kappa shape index (κ1) is 29.6. The lowest BCUT2D eigenvalue weighted by molar-refractivity contribution is -0.0178. The average molecular weight is 560 g/mol. The molecule has 4 atom stereocenters. The second-order valence-electron chi connectivity index (χ2n) is 10.9. The number of rotatable bonds is 10. The molecule has 0 saturated carbocycles. The fraction of sp³-hybridized carbons (Fsp3) is 0.448. The highest BCUT2D eigenvalue weighted by molar-refractivity contribution is 5.75. The summed E-state index contributed by atoms with van der Waals surface area (Å²) in [6.45, 7) is 4.98. The minimum absolute atomic E-state index is 0.0609. The molecule has 8 nitrogen and oxygen atoms in total. The number of amides is 2. The van der Waals surface area contributed by atoms with Crippen molar-refractivity contribution in [3.8, 4) is 11.3 Å².